The number of hydrogen-bond acceptors (Lipinski definition) is 4. The lowest BCUT2D eigenvalue weighted by Crippen LogP contribution is -2.31. The van der Waals surface area contributed by atoms with Crippen LogP contribution in [0.2, 0.25) is 0 Å². The van der Waals surface area contributed by atoms with E-state index in [1.807, 2.05) is 27.7 Å². The van der Waals surface area contributed by atoms with Gasteiger partial charge in [0.25, 0.3) is 5.91 Å². The van der Waals surface area contributed by atoms with E-state index in [2.05, 4.69) is 20.6 Å². The van der Waals surface area contributed by atoms with Gasteiger partial charge in [0.1, 0.15) is 5.69 Å². The molecular weight excluding hydrogens is 204 g/mol. The van der Waals surface area contributed by atoms with E-state index in [1.165, 1.54) is 0 Å². The van der Waals surface area contributed by atoms with E-state index in [1.54, 1.807) is 12.3 Å². The average Bonchev–Trinajstić information content (AvgIpc) is 2.16. The van der Waals surface area contributed by atoms with Gasteiger partial charge in [-0.25, -0.2) is 9.97 Å². The van der Waals surface area contributed by atoms with Crippen LogP contribution in [0.1, 0.15) is 38.2 Å². The monoisotopic (exact) mass is 222 g/mol. The molecule has 0 spiro atoms. The second kappa shape index (κ2) is 5.44. The van der Waals surface area contributed by atoms with Crippen molar-refractivity contribution in [3.05, 3.63) is 18.0 Å². The number of nitrogens with zero attached hydrogens (tertiary/aromatic N) is 2. The van der Waals surface area contributed by atoms with Gasteiger partial charge in [-0.1, -0.05) is 0 Å². The van der Waals surface area contributed by atoms with E-state index < -0.39 is 0 Å². The van der Waals surface area contributed by atoms with Crippen LogP contribution >= 0.6 is 0 Å². The minimum absolute atomic E-state index is 0.101. The molecule has 0 aromatic carbocycles. The molecule has 0 aliphatic heterocycles. The first kappa shape index (κ1) is 12.4. The quantitative estimate of drug-likeness (QED) is 0.808. The largest absolute Gasteiger partial charge is 0.352 e. The van der Waals surface area contributed by atoms with Crippen molar-refractivity contribution < 1.29 is 4.79 Å². The number of anilines is 1. The van der Waals surface area contributed by atoms with Crippen molar-refractivity contribution in [2.75, 3.05) is 5.32 Å². The number of rotatable bonds is 4. The predicted molar refractivity (Wildman–Crippen MR) is 63.4 cm³/mol. The van der Waals surface area contributed by atoms with E-state index in [4.69, 9.17) is 0 Å². The second-order valence-corrected chi connectivity index (χ2v) is 4.19. The summed E-state index contributed by atoms with van der Waals surface area (Å²) in [4.78, 5) is 19.8. The van der Waals surface area contributed by atoms with Crippen LogP contribution in [0.3, 0.4) is 0 Å². The predicted octanol–water partition coefficient (Wildman–Crippen LogP) is 1.44. The van der Waals surface area contributed by atoms with Gasteiger partial charge < -0.3 is 10.6 Å². The molecule has 0 fully saturated rings. The summed E-state index contributed by atoms with van der Waals surface area (Å²) in [6.45, 7) is 7.80. The molecule has 0 radical (unpaired) electrons. The Morgan fingerprint density at radius 3 is 2.50 bits per heavy atom. The van der Waals surface area contributed by atoms with Crippen LogP contribution in [-0.2, 0) is 0 Å². The molecule has 0 bridgehead atoms. The Morgan fingerprint density at radius 1 is 1.25 bits per heavy atom. The van der Waals surface area contributed by atoms with Gasteiger partial charge in [0.2, 0.25) is 5.95 Å². The molecule has 1 rings (SSSR count). The Labute approximate surface area is 95.7 Å². The van der Waals surface area contributed by atoms with Crippen LogP contribution in [0, 0.1) is 0 Å². The molecule has 0 atom stereocenters. The molecule has 5 heteroatoms. The normalized spacial score (nSPS) is 10.6. The zero-order valence-corrected chi connectivity index (χ0v) is 10.1. The Bertz CT molecular complexity index is 363. The van der Waals surface area contributed by atoms with Crippen LogP contribution in [0.25, 0.3) is 0 Å². The summed E-state index contributed by atoms with van der Waals surface area (Å²) in [6.07, 6.45) is 1.58. The van der Waals surface area contributed by atoms with Crippen LogP contribution in [0.4, 0.5) is 5.95 Å². The molecule has 16 heavy (non-hydrogen) atoms. The number of nitrogens with one attached hydrogen (secondary N) is 2. The van der Waals surface area contributed by atoms with Crippen molar-refractivity contribution in [2.45, 2.75) is 39.8 Å². The Balaban J connectivity index is 2.77. The van der Waals surface area contributed by atoms with Crippen molar-refractivity contribution in [3.8, 4) is 0 Å². The zero-order valence-electron chi connectivity index (χ0n) is 10.1. The van der Waals surface area contributed by atoms with Crippen molar-refractivity contribution in [3.63, 3.8) is 0 Å². The highest BCUT2D eigenvalue weighted by Crippen LogP contribution is 2.02. The fourth-order valence-electron chi connectivity index (χ4n) is 1.15. The molecule has 0 saturated carbocycles. The van der Waals surface area contributed by atoms with Crippen LogP contribution in [0.5, 0.6) is 0 Å². The van der Waals surface area contributed by atoms with E-state index >= 15 is 0 Å². The molecule has 0 saturated heterocycles. The van der Waals surface area contributed by atoms with Crippen molar-refractivity contribution in [1.29, 1.82) is 0 Å². The summed E-state index contributed by atoms with van der Waals surface area (Å²) in [6, 6.07) is 1.94. The lowest BCUT2D eigenvalue weighted by molar-refractivity contribution is 0.0938. The first-order valence-corrected chi connectivity index (χ1v) is 5.39. The van der Waals surface area contributed by atoms with Crippen molar-refractivity contribution >= 4 is 11.9 Å². The van der Waals surface area contributed by atoms with E-state index in [0.29, 0.717) is 11.6 Å². The molecule has 88 valence electrons. The van der Waals surface area contributed by atoms with Gasteiger partial charge in [0.05, 0.1) is 0 Å². The molecular formula is C11H18N4O. The lowest BCUT2D eigenvalue weighted by atomic mass is 10.3. The Morgan fingerprint density at radius 2 is 1.94 bits per heavy atom. The third-order valence-corrected chi connectivity index (χ3v) is 1.73. The summed E-state index contributed by atoms with van der Waals surface area (Å²) in [5, 5.41) is 5.83. The van der Waals surface area contributed by atoms with Gasteiger partial charge in [0.15, 0.2) is 0 Å². The maximum absolute atomic E-state index is 11.7. The molecule has 1 aromatic heterocycles. The molecule has 1 heterocycles. The number of aromatic nitrogens is 2. The van der Waals surface area contributed by atoms with E-state index in [9.17, 15) is 4.79 Å². The molecule has 0 aliphatic carbocycles. The first-order valence-electron chi connectivity index (χ1n) is 5.39. The van der Waals surface area contributed by atoms with Gasteiger partial charge in [-0.15, -0.1) is 0 Å². The number of carbonyl (C=O) groups excluding carboxylic acids is 1. The molecule has 5 nitrogen and oxygen atoms in total. The third-order valence-electron chi connectivity index (χ3n) is 1.73. The molecule has 1 amide bonds. The topological polar surface area (TPSA) is 66.9 Å². The fraction of sp³-hybridized carbons (Fsp3) is 0.545. The van der Waals surface area contributed by atoms with Crippen molar-refractivity contribution in [1.82, 2.24) is 15.3 Å². The molecule has 2 N–H and O–H groups in total. The number of hydrogen-bond donors (Lipinski definition) is 2. The molecule has 0 unspecified atom stereocenters. The minimum atomic E-state index is -0.177. The lowest BCUT2D eigenvalue weighted by Gasteiger charge is -2.10. The SMILES string of the molecule is CC(C)NC(=O)c1ccnc(NC(C)C)n1. The summed E-state index contributed by atoms with van der Waals surface area (Å²) in [5.41, 5.74) is 0.381. The standard InChI is InChI=1S/C11H18N4O/c1-7(2)13-10(16)9-5-6-12-11(15-9)14-8(3)4/h5-8H,1-4H3,(H,13,16)(H,12,14,15). The second-order valence-electron chi connectivity index (χ2n) is 4.19. The fourth-order valence-corrected chi connectivity index (χ4v) is 1.15. The first-order chi connectivity index (χ1) is 7.49. The number of amides is 1. The zero-order chi connectivity index (χ0) is 12.1. The molecule has 1 aromatic rings. The Hall–Kier alpha value is -1.65. The highest BCUT2D eigenvalue weighted by Gasteiger charge is 2.09. The van der Waals surface area contributed by atoms with Crippen LogP contribution in [-0.4, -0.2) is 28.0 Å². The van der Waals surface area contributed by atoms with Gasteiger partial charge in [-0.05, 0) is 33.8 Å². The average molecular weight is 222 g/mol. The van der Waals surface area contributed by atoms with Gasteiger partial charge in [-0.3, -0.25) is 4.79 Å². The summed E-state index contributed by atoms with van der Waals surface area (Å²) in [7, 11) is 0. The van der Waals surface area contributed by atoms with Crippen LogP contribution in [0.15, 0.2) is 12.3 Å². The summed E-state index contributed by atoms with van der Waals surface area (Å²) >= 11 is 0. The smallest absolute Gasteiger partial charge is 0.270 e. The molecule has 0 aliphatic rings. The van der Waals surface area contributed by atoms with Gasteiger partial charge in [-0.2, -0.15) is 0 Å². The number of carbonyl (C=O) groups is 1. The maximum Gasteiger partial charge on any atom is 0.270 e. The minimum Gasteiger partial charge on any atom is -0.352 e. The highest BCUT2D eigenvalue weighted by atomic mass is 16.1. The van der Waals surface area contributed by atoms with E-state index in [-0.39, 0.29) is 18.0 Å². The van der Waals surface area contributed by atoms with Gasteiger partial charge >= 0.3 is 0 Å². The summed E-state index contributed by atoms with van der Waals surface area (Å²) in [5.74, 6) is 0.301. The third kappa shape index (κ3) is 3.84. The Kier molecular flexibility index (Phi) is 4.22. The van der Waals surface area contributed by atoms with E-state index in [0.717, 1.165) is 0 Å². The maximum atomic E-state index is 11.7. The van der Waals surface area contributed by atoms with Crippen molar-refractivity contribution in [2.24, 2.45) is 0 Å². The highest BCUT2D eigenvalue weighted by molar-refractivity contribution is 5.92. The van der Waals surface area contributed by atoms with Crippen LogP contribution < -0.4 is 10.6 Å². The van der Waals surface area contributed by atoms with Gasteiger partial charge in [0, 0.05) is 18.3 Å². The summed E-state index contributed by atoms with van der Waals surface area (Å²) < 4.78 is 0.